The van der Waals surface area contributed by atoms with Gasteiger partial charge in [0.25, 0.3) is 0 Å². The maximum Gasteiger partial charge on any atom is 0.235 e. The molecule has 0 amide bonds. The van der Waals surface area contributed by atoms with Crippen molar-refractivity contribution in [1.29, 1.82) is 0 Å². The Morgan fingerprint density at radius 3 is 2.00 bits per heavy atom. The van der Waals surface area contributed by atoms with Crippen LogP contribution in [0.4, 0.5) is 0 Å². The van der Waals surface area contributed by atoms with Crippen LogP contribution in [0.3, 0.4) is 0 Å². The molecule has 0 bridgehead atoms. The predicted octanol–water partition coefficient (Wildman–Crippen LogP) is 12.6. The van der Waals surface area contributed by atoms with E-state index in [9.17, 15) is 0 Å². The molecule has 5 nitrogen and oxygen atoms in total. The van der Waals surface area contributed by atoms with Gasteiger partial charge in [0.05, 0.1) is 26.9 Å². The summed E-state index contributed by atoms with van der Waals surface area (Å²) in [4.78, 5) is 10.9. The van der Waals surface area contributed by atoms with Crippen LogP contribution >= 0.6 is 11.3 Å². The second kappa shape index (κ2) is 9.56. The van der Waals surface area contributed by atoms with Crippen molar-refractivity contribution in [3.63, 3.8) is 0 Å². The van der Waals surface area contributed by atoms with Gasteiger partial charge < -0.3 is 8.83 Å². The van der Waals surface area contributed by atoms with Gasteiger partial charge in [0.15, 0.2) is 0 Å². The molecule has 12 rings (SSSR count). The molecule has 0 saturated heterocycles. The molecule has 0 radical (unpaired) electrons. The second-order valence-corrected chi connectivity index (χ2v) is 14.0. The van der Waals surface area contributed by atoms with Crippen molar-refractivity contribution < 1.29 is 8.83 Å². The lowest BCUT2D eigenvalue weighted by Crippen LogP contribution is -2.02. The Bertz CT molecular complexity index is 3400. The van der Waals surface area contributed by atoms with Crippen LogP contribution < -0.4 is 0 Å². The summed E-state index contributed by atoms with van der Waals surface area (Å²) in [7, 11) is 0. The Kier molecular flexibility index (Phi) is 5.06. The molecular weight excluding hydrogens is 635 g/mol. The number of aromatic nitrogens is 3. The molecule has 12 aromatic rings. The first-order valence-electron chi connectivity index (χ1n) is 16.7. The third kappa shape index (κ3) is 3.45. The van der Waals surface area contributed by atoms with Gasteiger partial charge in [-0.2, -0.15) is 0 Å². The molecule has 0 aliphatic rings. The van der Waals surface area contributed by atoms with Gasteiger partial charge in [-0.1, -0.05) is 91.0 Å². The normalized spacial score (nSPS) is 12.4. The molecule has 0 unspecified atom stereocenters. The number of furan rings is 2. The van der Waals surface area contributed by atoms with Crippen LogP contribution in [0.1, 0.15) is 0 Å². The topological polar surface area (TPSA) is 57.0 Å². The highest BCUT2D eigenvalue weighted by Crippen LogP contribution is 2.44. The highest BCUT2D eigenvalue weighted by atomic mass is 32.1. The van der Waals surface area contributed by atoms with E-state index in [2.05, 4.69) is 120 Å². The van der Waals surface area contributed by atoms with Crippen LogP contribution in [-0.2, 0) is 0 Å². The van der Waals surface area contributed by atoms with E-state index in [0.29, 0.717) is 5.95 Å². The molecule has 232 valence electrons. The standard InChI is InChI=1S/C44H23N3O2S/c1-5-16-34-25(10-1)33-22-24-20-21-29-27-12-3-7-18-37(27)49-42(29)32(24)23-35(33)47(34)44-45-39-30-13-4-8-19-38(30)50-43(39)40(46-44)31-15-9-14-28-26-11-2-6-17-36(26)48-41(28)31/h1-23H. The minimum absolute atomic E-state index is 0.617. The van der Waals surface area contributed by atoms with E-state index >= 15 is 0 Å². The molecule has 0 aliphatic carbocycles. The highest BCUT2D eigenvalue weighted by molar-refractivity contribution is 7.26. The first kappa shape index (κ1) is 26.5. The van der Waals surface area contributed by atoms with Gasteiger partial charge in [0.2, 0.25) is 5.95 Å². The molecule has 50 heavy (non-hydrogen) atoms. The molecule has 0 aliphatic heterocycles. The quantitative estimate of drug-likeness (QED) is 0.186. The zero-order valence-corrected chi connectivity index (χ0v) is 27.2. The van der Waals surface area contributed by atoms with Gasteiger partial charge in [-0.3, -0.25) is 4.57 Å². The molecule has 0 N–H and O–H groups in total. The average molecular weight is 658 g/mol. The van der Waals surface area contributed by atoms with Crippen molar-refractivity contribution in [1.82, 2.24) is 14.5 Å². The fraction of sp³-hybridized carbons (Fsp3) is 0. The zero-order valence-electron chi connectivity index (χ0n) is 26.3. The smallest absolute Gasteiger partial charge is 0.235 e. The molecule has 0 saturated carbocycles. The summed E-state index contributed by atoms with van der Waals surface area (Å²) >= 11 is 1.73. The fourth-order valence-electron chi connectivity index (χ4n) is 7.98. The summed E-state index contributed by atoms with van der Waals surface area (Å²) in [6.07, 6.45) is 0. The second-order valence-electron chi connectivity index (χ2n) is 12.9. The SMILES string of the molecule is c1ccc2c(c1)oc1c(-c3nc(-n4c5ccccc5c5cc6ccc7c8ccccc8oc7c6cc54)nc4c3sc3ccccc34)cccc12. The van der Waals surface area contributed by atoms with Gasteiger partial charge in [-0.25, -0.2) is 9.97 Å². The summed E-state index contributed by atoms with van der Waals surface area (Å²) in [5, 5.41) is 9.99. The number of thiophene rings is 1. The van der Waals surface area contributed by atoms with E-state index in [0.717, 1.165) is 103 Å². The van der Waals surface area contributed by atoms with Crippen LogP contribution in [0.25, 0.3) is 114 Å². The molecule has 0 spiro atoms. The van der Waals surface area contributed by atoms with E-state index in [1.54, 1.807) is 11.3 Å². The van der Waals surface area contributed by atoms with Crippen molar-refractivity contribution in [2.45, 2.75) is 0 Å². The number of hydrogen-bond acceptors (Lipinski definition) is 5. The summed E-state index contributed by atoms with van der Waals surface area (Å²) in [6, 6.07) is 48.8. The number of rotatable bonds is 2. The largest absolute Gasteiger partial charge is 0.455 e. The Morgan fingerprint density at radius 2 is 1.16 bits per heavy atom. The van der Waals surface area contributed by atoms with Crippen molar-refractivity contribution >= 4 is 108 Å². The van der Waals surface area contributed by atoms with Crippen molar-refractivity contribution in [3.05, 3.63) is 140 Å². The maximum atomic E-state index is 6.57. The number of benzene rings is 7. The monoisotopic (exact) mass is 657 g/mol. The van der Waals surface area contributed by atoms with Gasteiger partial charge in [-0.15, -0.1) is 11.3 Å². The van der Waals surface area contributed by atoms with E-state index < -0.39 is 0 Å². The molecule has 0 fully saturated rings. The lowest BCUT2D eigenvalue weighted by Gasteiger charge is -2.11. The van der Waals surface area contributed by atoms with Crippen LogP contribution in [0, 0.1) is 0 Å². The van der Waals surface area contributed by atoms with Gasteiger partial charge in [0, 0.05) is 53.4 Å². The number of nitrogens with zero attached hydrogens (tertiary/aromatic N) is 3. The molecule has 6 heteroatoms. The Hall–Kier alpha value is -6.50. The number of para-hydroxylation sites is 4. The summed E-state index contributed by atoms with van der Waals surface area (Å²) in [5.74, 6) is 0.617. The van der Waals surface area contributed by atoms with Gasteiger partial charge in [-0.05, 0) is 53.9 Å². The maximum absolute atomic E-state index is 6.57. The predicted molar refractivity (Wildman–Crippen MR) is 207 cm³/mol. The molecule has 7 aromatic carbocycles. The van der Waals surface area contributed by atoms with E-state index in [4.69, 9.17) is 18.8 Å². The number of fused-ring (bicyclic) bond motifs is 14. The van der Waals surface area contributed by atoms with E-state index in [1.807, 2.05) is 24.3 Å². The Balaban J connectivity index is 1.23. The first-order chi connectivity index (χ1) is 24.8. The van der Waals surface area contributed by atoms with E-state index in [1.165, 1.54) is 4.70 Å². The Labute approximate surface area is 287 Å². The molecule has 0 atom stereocenters. The van der Waals surface area contributed by atoms with Crippen LogP contribution in [-0.4, -0.2) is 14.5 Å². The minimum atomic E-state index is 0.617. The van der Waals surface area contributed by atoms with Gasteiger partial charge >= 0.3 is 0 Å². The fourth-order valence-corrected chi connectivity index (χ4v) is 9.13. The number of hydrogen-bond donors (Lipinski definition) is 0. The lowest BCUT2D eigenvalue weighted by atomic mass is 10.0. The first-order valence-corrected chi connectivity index (χ1v) is 17.5. The molecule has 5 aromatic heterocycles. The zero-order chi connectivity index (χ0) is 32.5. The van der Waals surface area contributed by atoms with Crippen molar-refractivity contribution in [2.24, 2.45) is 0 Å². The van der Waals surface area contributed by atoms with Crippen LogP contribution in [0.15, 0.2) is 148 Å². The third-order valence-electron chi connectivity index (χ3n) is 10.2. The Morgan fingerprint density at radius 1 is 0.480 bits per heavy atom. The van der Waals surface area contributed by atoms with Crippen LogP contribution in [0.5, 0.6) is 0 Å². The third-order valence-corrected chi connectivity index (χ3v) is 11.4. The van der Waals surface area contributed by atoms with Gasteiger partial charge in [0.1, 0.15) is 22.3 Å². The van der Waals surface area contributed by atoms with Crippen molar-refractivity contribution in [2.75, 3.05) is 0 Å². The summed E-state index contributed by atoms with van der Waals surface area (Å²) in [6.45, 7) is 0. The van der Waals surface area contributed by atoms with E-state index in [-0.39, 0.29) is 0 Å². The molecule has 5 heterocycles. The summed E-state index contributed by atoms with van der Waals surface area (Å²) in [5.41, 5.74) is 8.30. The minimum Gasteiger partial charge on any atom is -0.455 e. The molecular formula is C44H23N3O2S. The lowest BCUT2D eigenvalue weighted by molar-refractivity contribution is 0.670. The summed E-state index contributed by atoms with van der Waals surface area (Å²) < 4.78 is 17.5. The van der Waals surface area contributed by atoms with Crippen LogP contribution in [0.2, 0.25) is 0 Å². The average Bonchev–Trinajstić information content (AvgIpc) is 3.92. The van der Waals surface area contributed by atoms with Crippen molar-refractivity contribution in [3.8, 4) is 17.2 Å². The highest BCUT2D eigenvalue weighted by Gasteiger charge is 2.23.